The number of benzene rings is 2. The molecule has 9 nitrogen and oxygen atoms in total. The second kappa shape index (κ2) is 10.0. The second-order valence-corrected chi connectivity index (χ2v) is 9.28. The number of carbonyl (C=O) groups is 1. The summed E-state index contributed by atoms with van der Waals surface area (Å²) in [6, 6.07) is 11.9. The molecule has 1 aliphatic heterocycles. The minimum Gasteiger partial charge on any atom is -0.755 e. The van der Waals surface area contributed by atoms with Crippen molar-refractivity contribution >= 4 is 51.2 Å². The van der Waals surface area contributed by atoms with Crippen LogP contribution in [-0.4, -0.2) is 68.8 Å². The molecule has 1 saturated heterocycles. The molecular formula is C22H24ClN6O3S-. The first-order chi connectivity index (χ1) is 15.8. The van der Waals surface area contributed by atoms with Gasteiger partial charge in [-0.25, -0.2) is 9.97 Å². The molecule has 1 amide bonds. The van der Waals surface area contributed by atoms with Gasteiger partial charge in [-0.05, 0) is 42.3 Å². The first-order valence-corrected chi connectivity index (χ1v) is 11.9. The summed E-state index contributed by atoms with van der Waals surface area (Å²) in [4.78, 5) is 25.5. The highest BCUT2D eigenvalue weighted by Crippen LogP contribution is 2.28. The molecule has 2 N–H and O–H groups in total. The molecule has 1 aromatic heterocycles. The van der Waals surface area contributed by atoms with Crippen LogP contribution < -0.4 is 14.9 Å². The zero-order valence-corrected chi connectivity index (χ0v) is 19.6. The topological polar surface area (TPSA) is 119 Å². The van der Waals surface area contributed by atoms with E-state index in [-0.39, 0.29) is 5.91 Å². The van der Waals surface area contributed by atoms with Crippen LogP contribution in [-0.2, 0) is 22.5 Å². The Bertz CT molecular complexity index is 1170. The molecule has 3 aromatic rings. The van der Waals surface area contributed by atoms with Crippen LogP contribution in [0.1, 0.15) is 5.56 Å². The number of halogens is 1. The molecule has 1 fully saturated rings. The van der Waals surface area contributed by atoms with Crippen LogP contribution in [0.3, 0.4) is 0 Å². The van der Waals surface area contributed by atoms with Crippen molar-refractivity contribution in [2.45, 2.75) is 12.5 Å². The number of hydrogen-bond donors (Lipinski definition) is 1. The molecule has 174 valence electrons. The molecule has 4 rings (SSSR count). The highest BCUT2D eigenvalue weighted by Gasteiger charge is 2.26. The first-order valence-electron chi connectivity index (χ1n) is 10.4. The van der Waals surface area contributed by atoms with Crippen molar-refractivity contribution in [2.75, 3.05) is 42.4 Å². The summed E-state index contributed by atoms with van der Waals surface area (Å²) in [5.41, 5.74) is 8.40. The molecule has 33 heavy (non-hydrogen) atoms. The van der Waals surface area contributed by atoms with Gasteiger partial charge in [-0.3, -0.25) is 9.00 Å². The van der Waals surface area contributed by atoms with Gasteiger partial charge in [0.25, 0.3) is 0 Å². The number of fused-ring (bicyclic) bond motifs is 1. The van der Waals surface area contributed by atoms with E-state index in [9.17, 15) is 13.6 Å². The van der Waals surface area contributed by atoms with E-state index in [1.54, 1.807) is 35.2 Å². The summed E-state index contributed by atoms with van der Waals surface area (Å²) in [6.07, 6.45) is 1.94. The summed E-state index contributed by atoms with van der Waals surface area (Å²) in [7, 11) is 1.48. The molecule has 0 spiro atoms. The lowest BCUT2D eigenvalue weighted by Gasteiger charge is -2.37. The molecule has 0 aliphatic carbocycles. The van der Waals surface area contributed by atoms with Crippen molar-refractivity contribution in [2.24, 2.45) is 5.73 Å². The van der Waals surface area contributed by atoms with Crippen molar-refractivity contribution in [1.82, 2.24) is 14.9 Å². The monoisotopic (exact) mass is 487 g/mol. The van der Waals surface area contributed by atoms with E-state index >= 15 is 0 Å². The number of aromatic nitrogens is 2. The summed E-state index contributed by atoms with van der Waals surface area (Å²) in [5.74, 6) is 0.628. The van der Waals surface area contributed by atoms with Gasteiger partial charge in [0.1, 0.15) is 12.1 Å². The Balaban J connectivity index is 1.45. The molecule has 0 bridgehead atoms. The van der Waals surface area contributed by atoms with Crippen molar-refractivity contribution in [3.8, 4) is 0 Å². The highest BCUT2D eigenvalue weighted by molar-refractivity contribution is 7.80. The van der Waals surface area contributed by atoms with Crippen LogP contribution in [0.25, 0.3) is 10.9 Å². The van der Waals surface area contributed by atoms with Crippen LogP contribution in [0, 0.1) is 0 Å². The Morgan fingerprint density at radius 3 is 2.55 bits per heavy atom. The van der Waals surface area contributed by atoms with Gasteiger partial charge in [0.05, 0.1) is 11.6 Å². The third kappa shape index (κ3) is 5.25. The molecule has 2 atom stereocenters. The smallest absolute Gasteiger partial charge is 0.239 e. The highest BCUT2D eigenvalue weighted by atomic mass is 35.5. The molecule has 2 heterocycles. The average Bonchev–Trinajstić information content (AvgIpc) is 2.83. The maximum absolute atomic E-state index is 12.9. The van der Waals surface area contributed by atoms with E-state index in [1.807, 2.05) is 12.1 Å². The van der Waals surface area contributed by atoms with Crippen LogP contribution >= 0.6 is 11.6 Å². The number of hydrogen-bond acceptors (Lipinski definition) is 7. The van der Waals surface area contributed by atoms with Crippen LogP contribution in [0.2, 0.25) is 5.02 Å². The molecule has 1 aliphatic rings. The number of carbonyl (C=O) groups excluding carboxylic acids is 1. The Labute approximate surface area is 199 Å². The third-order valence-corrected chi connectivity index (χ3v) is 6.67. The van der Waals surface area contributed by atoms with Crippen molar-refractivity contribution in [3.63, 3.8) is 0 Å². The Hall–Kier alpha value is -2.79. The quantitative estimate of drug-likeness (QED) is 0.526. The van der Waals surface area contributed by atoms with E-state index in [0.29, 0.717) is 49.1 Å². The zero-order valence-electron chi connectivity index (χ0n) is 18.1. The van der Waals surface area contributed by atoms with Gasteiger partial charge in [0.15, 0.2) is 0 Å². The summed E-state index contributed by atoms with van der Waals surface area (Å²) in [5, 5.41) is 1.40. The van der Waals surface area contributed by atoms with Crippen LogP contribution in [0.15, 0.2) is 48.8 Å². The maximum atomic E-state index is 12.9. The number of nitrogens with two attached hydrogens (primary N) is 1. The minimum absolute atomic E-state index is 0.0843. The normalized spacial score (nSPS) is 16.0. The Morgan fingerprint density at radius 1 is 1.18 bits per heavy atom. The molecular weight excluding hydrogens is 464 g/mol. The third-order valence-electron chi connectivity index (χ3n) is 5.76. The Kier molecular flexibility index (Phi) is 7.08. The second-order valence-electron chi connectivity index (χ2n) is 7.86. The molecule has 0 saturated carbocycles. The lowest BCUT2D eigenvalue weighted by atomic mass is 10.1. The first kappa shape index (κ1) is 23.4. The van der Waals surface area contributed by atoms with Gasteiger partial charge in [0, 0.05) is 60.6 Å². The minimum atomic E-state index is -2.38. The van der Waals surface area contributed by atoms with Crippen LogP contribution in [0.5, 0.6) is 0 Å². The van der Waals surface area contributed by atoms with E-state index in [4.69, 9.17) is 17.3 Å². The fourth-order valence-electron chi connectivity index (χ4n) is 3.90. The lowest BCUT2D eigenvalue weighted by molar-refractivity contribution is -0.132. The number of rotatable bonds is 6. The maximum Gasteiger partial charge on any atom is 0.239 e. The van der Waals surface area contributed by atoms with Gasteiger partial charge in [-0.2, -0.15) is 0 Å². The van der Waals surface area contributed by atoms with Gasteiger partial charge in [0.2, 0.25) is 5.91 Å². The number of amides is 1. The lowest BCUT2D eigenvalue weighted by Crippen LogP contribution is -2.53. The van der Waals surface area contributed by atoms with E-state index in [0.717, 1.165) is 20.8 Å². The molecule has 0 radical (unpaired) electrons. The van der Waals surface area contributed by atoms with Gasteiger partial charge >= 0.3 is 0 Å². The van der Waals surface area contributed by atoms with Crippen LogP contribution in [0.4, 0.5) is 11.5 Å². The fraction of sp³-hybridized carbons (Fsp3) is 0.318. The SMILES string of the molecule is CN(c1ccc2ncnc(N3CCN(C(=O)[C@H](N)Cc4ccc(Cl)cc4)CC3)c2c1)S(=O)[O-]. The van der Waals surface area contributed by atoms with Crippen molar-refractivity contribution < 1.29 is 13.6 Å². The predicted octanol–water partition coefficient (Wildman–Crippen LogP) is 1.73. The number of piperazine rings is 1. The van der Waals surface area contributed by atoms with Crippen molar-refractivity contribution in [3.05, 3.63) is 59.4 Å². The average molecular weight is 488 g/mol. The molecule has 2 aromatic carbocycles. The molecule has 1 unspecified atom stereocenters. The van der Waals surface area contributed by atoms with E-state index in [1.165, 1.54) is 13.4 Å². The van der Waals surface area contributed by atoms with Gasteiger partial charge < -0.3 is 24.4 Å². The van der Waals surface area contributed by atoms with Crippen molar-refractivity contribution in [1.29, 1.82) is 0 Å². The standard InChI is InChI=1S/C22H25ClN6O3S/c1-27(33(31)32)17-6-7-20-18(13-17)21(26-14-25-20)28-8-10-29(11-9-28)22(30)19(24)12-15-2-4-16(23)5-3-15/h2-7,13-14,19H,8-12,24H2,1H3,(H,31,32)/p-1/t19-/m1/s1. The summed E-state index contributed by atoms with van der Waals surface area (Å²) < 4.78 is 23.8. The summed E-state index contributed by atoms with van der Waals surface area (Å²) >= 11 is 3.54. The van der Waals surface area contributed by atoms with Gasteiger partial charge in [-0.15, -0.1) is 0 Å². The zero-order chi connectivity index (χ0) is 23.5. The number of nitrogens with zero attached hydrogens (tertiary/aromatic N) is 5. The van der Waals surface area contributed by atoms with E-state index in [2.05, 4.69) is 14.9 Å². The number of anilines is 2. The van der Waals surface area contributed by atoms with Gasteiger partial charge in [-0.1, -0.05) is 23.7 Å². The Morgan fingerprint density at radius 2 is 1.88 bits per heavy atom. The predicted molar refractivity (Wildman–Crippen MR) is 129 cm³/mol. The van der Waals surface area contributed by atoms with E-state index < -0.39 is 17.3 Å². The summed E-state index contributed by atoms with van der Waals surface area (Å²) in [6.45, 7) is 2.20. The fourth-order valence-corrected chi connectivity index (χ4v) is 4.31. The molecule has 11 heteroatoms. The largest absolute Gasteiger partial charge is 0.755 e.